The highest BCUT2D eigenvalue weighted by molar-refractivity contribution is 9.10. The van der Waals surface area contributed by atoms with Crippen LogP contribution in [0.15, 0.2) is 53.3 Å². The molecule has 0 aliphatic heterocycles. The molecule has 6 heteroatoms. The first kappa shape index (κ1) is 16.5. The summed E-state index contributed by atoms with van der Waals surface area (Å²) in [6.07, 6.45) is 3.99. The maximum Gasteiger partial charge on any atom is 0.273 e. The Kier molecular flexibility index (Phi) is 4.57. The summed E-state index contributed by atoms with van der Waals surface area (Å²) >= 11 is 3.44. The second kappa shape index (κ2) is 6.65. The van der Waals surface area contributed by atoms with E-state index in [0.29, 0.717) is 5.69 Å². The molecule has 0 aliphatic rings. The molecule has 1 amide bonds. The van der Waals surface area contributed by atoms with Crippen molar-refractivity contribution in [2.75, 3.05) is 0 Å². The first-order valence-electron chi connectivity index (χ1n) is 7.70. The molecule has 0 spiro atoms. The highest BCUT2D eigenvalue weighted by Crippen LogP contribution is 2.22. The zero-order valence-electron chi connectivity index (χ0n) is 13.8. The molecule has 3 aromatic rings. The molecular weight excluding hydrogens is 368 g/mol. The summed E-state index contributed by atoms with van der Waals surface area (Å²) in [4.78, 5) is 12.5. The Morgan fingerprint density at radius 3 is 2.58 bits per heavy atom. The summed E-state index contributed by atoms with van der Waals surface area (Å²) in [6.45, 7) is 3.88. The Balaban J connectivity index is 1.80. The van der Waals surface area contributed by atoms with Gasteiger partial charge in [-0.05, 0) is 59.6 Å². The average molecular weight is 387 g/mol. The number of rotatable bonds is 4. The van der Waals surface area contributed by atoms with Crippen molar-refractivity contribution in [2.24, 2.45) is 7.05 Å². The fourth-order valence-corrected chi connectivity index (χ4v) is 3.05. The van der Waals surface area contributed by atoms with Crippen LogP contribution in [0.2, 0.25) is 0 Å². The summed E-state index contributed by atoms with van der Waals surface area (Å²) in [6, 6.07) is 12.0. The molecule has 2 aromatic heterocycles. The smallest absolute Gasteiger partial charge is 0.273 e. The van der Waals surface area contributed by atoms with Crippen molar-refractivity contribution in [1.29, 1.82) is 0 Å². The Bertz CT molecular complexity index is 867. The number of halogens is 1. The quantitative estimate of drug-likeness (QED) is 0.741. The molecule has 0 saturated carbocycles. The Labute approximate surface area is 149 Å². The number of benzene rings is 1. The van der Waals surface area contributed by atoms with Gasteiger partial charge in [-0.15, -0.1) is 0 Å². The van der Waals surface area contributed by atoms with E-state index in [4.69, 9.17) is 0 Å². The Morgan fingerprint density at radius 1 is 1.25 bits per heavy atom. The largest absolute Gasteiger partial charge is 0.344 e. The van der Waals surface area contributed by atoms with Gasteiger partial charge in [0.15, 0.2) is 5.69 Å². The van der Waals surface area contributed by atoms with Crippen molar-refractivity contribution in [3.63, 3.8) is 0 Å². The van der Waals surface area contributed by atoms with Gasteiger partial charge in [0.05, 0.1) is 16.2 Å². The van der Waals surface area contributed by atoms with Gasteiger partial charge in [0.2, 0.25) is 0 Å². The lowest BCUT2D eigenvalue weighted by Crippen LogP contribution is -2.27. The van der Waals surface area contributed by atoms with Crippen LogP contribution < -0.4 is 5.32 Å². The fourth-order valence-electron chi connectivity index (χ4n) is 2.54. The molecule has 0 radical (unpaired) electrons. The summed E-state index contributed by atoms with van der Waals surface area (Å²) in [5, 5.41) is 7.28. The van der Waals surface area contributed by atoms with Crippen molar-refractivity contribution >= 4 is 21.8 Å². The van der Waals surface area contributed by atoms with E-state index in [9.17, 15) is 4.79 Å². The molecule has 1 N–H and O–H groups in total. The summed E-state index contributed by atoms with van der Waals surface area (Å²) in [7, 11) is 1.82. The number of amides is 1. The van der Waals surface area contributed by atoms with Crippen molar-refractivity contribution in [3.8, 4) is 5.69 Å². The Hall–Kier alpha value is -2.34. The van der Waals surface area contributed by atoms with Crippen LogP contribution in [0, 0.1) is 6.92 Å². The van der Waals surface area contributed by atoms with E-state index in [2.05, 4.69) is 32.4 Å². The Morgan fingerprint density at radius 2 is 1.96 bits per heavy atom. The van der Waals surface area contributed by atoms with Gasteiger partial charge >= 0.3 is 0 Å². The minimum atomic E-state index is -0.190. The normalized spacial score (nSPS) is 12.2. The third-order valence-electron chi connectivity index (χ3n) is 4.10. The summed E-state index contributed by atoms with van der Waals surface area (Å²) < 4.78 is 4.46. The van der Waals surface area contributed by atoms with Crippen molar-refractivity contribution in [1.82, 2.24) is 19.7 Å². The number of nitrogens with zero attached hydrogens (tertiary/aromatic N) is 3. The van der Waals surface area contributed by atoms with Crippen LogP contribution in [0.3, 0.4) is 0 Å². The number of hydrogen-bond donors (Lipinski definition) is 1. The highest BCUT2D eigenvalue weighted by atomic mass is 79.9. The van der Waals surface area contributed by atoms with E-state index in [-0.39, 0.29) is 11.9 Å². The van der Waals surface area contributed by atoms with Crippen LogP contribution in [0.5, 0.6) is 0 Å². The van der Waals surface area contributed by atoms with Crippen molar-refractivity contribution in [2.45, 2.75) is 19.9 Å². The second-order valence-corrected chi connectivity index (χ2v) is 6.55. The molecule has 1 unspecified atom stereocenters. The lowest BCUT2D eigenvalue weighted by atomic mass is 10.1. The monoisotopic (exact) mass is 386 g/mol. The molecule has 5 nitrogen and oxygen atoms in total. The van der Waals surface area contributed by atoms with Crippen molar-refractivity contribution in [3.05, 3.63) is 70.2 Å². The standard InChI is InChI=1S/C18H19BrN4O/c1-12(20-18(24)17-16(19)13(2)22(3)21-17)14-7-6-8-15(11-14)23-9-4-5-10-23/h4-12H,1-3H3,(H,20,24). The number of carbonyl (C=O) groups excluding carboxylic acids is 1. The lowest BCUT2D eigenvalue weighted by molar-refractivity contribution is 0.0933. The number of hydrogen-bond acceptors (Lipinski definition) is 2. The van der Waals surface area contributed by atoms with E-state index in [1.807, 2.05) is 68.2 Å². The predicted molar refractivity (Wildman–Crippen MR) is 97.3 cm³/mol. The highest BCUT2D eigenvalue weighted by Gasteiger charge is 2.19. The molecule has 2 heterocycles. The minimum absolute atomic E-state index is 0.123. The molecule has 0 aliphatic carbocycles. The van der Waals surface area contributed by atoms with E-state index >= 15 is 0 Å². The van der Waals surface area contributed by atoms with Gasteiger partial charge in [-0.3, -0.25) is 9.48 Å². The minimum Gasteiger partial charge on any atom is -0.344 e. The third-order valence-corrected chi connectivity index (χ3v) is 5.05. The SMILES string of the molecule is Cc1c(Br)c(C(=O)NC(C)c2cccc(-n3cccc3)c2)nn1C. The van der Waals surface area contributed by atoms with Crippen LogP contribution in [-0.4, -0.2) is 20.3 Å². The van der Waals surface area contributed by atoms with Gasteiger partial charge in [0, 0.05) is 25.1 Å². The third kappa shape index (κ3) is 3.14. The van der Waals surface area contributed by atoms with Gasteiger partial charge < -0.3 is 9.88 Å². The van der Waals surface area contributed by atoms with Gasteiger partial charge in [0.1, 0.15) is 0 Å². The average Bonchev–Trinajstić information content (AvgIpc) is 3.20. The van der Waals surface area contributed by atoms with Crippen LogP contribution in [0.1, 0.15) is 34.7 Å². The number of carbonyl (C=O) groups is 1. The lowest BCUT2D eigenvalue weighted by Gasteiger charge is -2.15. The zero-order chi connectivity index (χ0) is 17.3. The van der Waals surface area contributed by atoms with Gasteiger partial charge in [-0.2, -0.15) is 5.10 Å². The van der Waals surface area contributed by atoms with E-state index in [1.165, 1.54) is 0 Å². The zero-order valence-corrected chi connectivity index (χ0v) is 15.4. The molecular formula is C18H19BrN4O. The van der Waals surface area contributed by atoms with Gasteiger partial charge in [-0.1, -0.05) is 12.1 Å². The van der Waals surface area contributed by atoms with Crippen LogP contribution in [0.25, 0.3) is 5.69 Å². The van der Waals surface area contributed by atoms with Crippen LogP contribution >= 0.6 is 15.9 Å². The summed E-state index contributed by atoms with van der Waals surface area (Å²) in [5.74, 6) is -0.190. The fraction of sp³-hybridized carbons (Fsp3) is 0.222. The predicted octanol–water partition coefficient (Wildman–Crippen LogP) is 3.77. The number of nitrogens with one attached hydrogen (secondary N) is 1. The maximum atomic E-state index is 12.5. The molecule has 0 saturated heterocycles. The molecule has 1 aromatic carbocycles. The van der Waals surface area contributed by atoms with E-state index in [1.54, 1.807) is 4.68 Å². The van der Waals surface area contributed by atoms with Gasteiger partial charge in [0.25, 0.3) is 5.91 Å². The molecule has 0 fully saturated rings. The van der Waals surface area contributed by atoms with E-state index < -0.39 is 0 Å². The van der Waals surface area contributed by atoms with E-state index in [0.717, 1.165) is 21.4 Å². The molecule has 124 valence electrons. The second-order valence-electron chi connectivity index (χ2n) is 5.75. The van der Waals surface area contributed by atoms with Crippen LogP contribution in [0.4, 0.5) is 0 Å². The van der Waals surface area contributed by atoms with Crippen molar-refractivity contribution < 1.29 is 4.79 Å². The summed E-state index contributed by atoms with van der Waals surface area (Å²) in [5.41, 5.74) is 3.43. The first-order valence-corrected chi connectivity index (χ1v) is 8.50. The molecule has 24 heavy (non-hydrogen) atoms. The van der Waals surface area contributed by atoms with Crippen LogP contribution in [-0.2, 0) is 7.05 Å². The topological polar surface area (TPSA) is 51.9 Å². The maximum absolute atomic E-state index is 12.5. The van der Waals surface area contributed by atoms with Gasteiger partial charge in [-0.25, -0.2) is 0 Å². The molecule has 3 rings (SSSR count). The molecule has 1 atom stereocenters. The number of aryl methyl sites for hydroxylation is 1. The molecule has 0 bridgehead atoms. The number of aromatic nitrogens is 3. The first-order chi connectivity index (χ1) is 11.5.